The zero-order valence-corrected chi connectivity index (χ0v) is 11.8. The van der Waals surface area contributed by atoms with Crippen molar-refractivity contribution in [2.24, 2.45) is 0 Å². The van der Waals surface area contributed by atoms with Crippen LogP contribution in [0.3, 0.4) is 0 Å². The zero-order chi connectivity index (χ0) is 14.4. The van der Waals surface area contributed by atoms with Gasteiger partial charge in [0.15, 0.2) is 0 Å². The second-order valence-electron chi connectivity index (χ2n) is 5.93. The smallest absolute Gasteiger partial charge is 0.223 e. The van der Waals surface area contributed by atoms with Crippen LogP contribution in [0.1, 0.15) is 31.0 Å². The summed E-state index contributed by atoms with van der Waals surface area (Å²) in [7, 11) is 0. The summed E-state index contributed by atoms with van der Waals surface area (Å²) in [5.74, 6) is 4.10. The molecular weight excluding hydrogens is 262 g/mol. The van der Waals surface area contributed by atoms with Gasteiger partial charge < -0.3 is 9.47 Å². The van der Waals surface area contributed by atoms with Crippen LogP contribution < -0.4 is 0 Å². The number of aromatic nitrogens is 2. The lowest BCUT2D eigenvalue weighted by atomic mass is 10.1. The number of likely N-dealkylation sites (tertiary alicyclic amines) is 1. The first-order chi connectivity index (χ1) is 10.3. The molecule has 4 nitrogen and oxygen atoms in total. The van der Waals surface area contributed by atoms with Crippen molar-refractivity contribution in [2.75, 3.05) is 6.54 Å². The Kier molecular flexibility index (Phi) is 2.75. The van der Waals surface area contributed by atoms with Gasteiger partial charge >= 0.3 is 0 Å². The number of imidazole rings is 1. The van der Waals surface area contributed by atoms with E-state index in [1.54, 1.807) is 0 Å². The highest BCUT2D eigenvalue weighted by Crippen LogP contribution is 2.37. The Morgan fingerprint density at radius 1 is 1.33 bits per heavy atom. The van der Waals surface area contributed by atoms with E-state index in [1.807, 2.05) is 29.2 Å². The molecule has 2 aromatic rings. The largest absolute Gasteiger partial charge is 0.339 e. The summed E-state index contributed by atoms with van der Waals surface area (Å²) >= 11 is 0. The number of terminal acetylenes is 1. The maximum atomic E-state index is 12.2. The van der Waals surface area contributed by atoms with E-state index in [9.17, 15) is 4.79 Å². The van der Waals surface area contributed by atoms with Gasteiger partial charge in [-0.1, -0.05) is 18.1 Å². The van der Waals surface area contributed by atoms with Gasteiger partial charge in [-0.25, -0.2) is 4.98 Å². The fraction of sp³-hybridized carbons (Fsp3) is 0.412. The molecule has 2 fully saturated rings. The molecule has 1 aromatic carbocycles. The van der Waals surface area contributed by atoms with Crippen LogP contribution in [0.5, 0.6) is 0 Å². The van der Waals surface area contributed by atoms with Gasteiger partial charge in [0.1, 0.15) is 5.82 Å². The summed E-state index contributed by atoms with van der Waals surface area (Å²) < 4.78 is 2.09. The summed E-state index contributed by atoms with van der Waals surface area (Å²) in [6.07, 6.45) is 8.38. The summed E-state index contributed by atoms with van der Waals surface area (Å²) in [5, 5.41) is 0. The quantitative estimate of drug-likeness (QED) is 0.807. The molecule has 2 heterocycles. The first kappa shape index (κ1) is 12.5. The van der Waals surface area contributed by atoms with Gasteiger partial charge in [-0.05, 0) is 25.0 Å². The first-order valence-corrected chi connectivity index (χ1v) is 7.46. The number of hydrogen-bond donors (Lipinski definition) is 0. The Bertz CT molecular complexity index is 751. The number of para-hydroxylation sites is 2. The lowest BCUT2D eigenvalue weighted by molar-refractivity contribution is -0.128. The average molecular weight is 279 g/mol. The molecule has 21 heavy (non-hydrogen) atoms. The highest BCUT2D eigenvalue weighted by molar-refractivity contribution is 5.81. The average Bonchev–Trinajstić information content (AvgIpc) is 3.17. The van der Waals surface area contributed by atoms with Gasteiger partial charge in [-0.15, -0.1) is 6.42 Å². The van der Waals surface area contributed by atoms with Gasteiger partial charge in [0.05, 0.1) is 17.6 Å². The fourth-order valence-electron chi connectivity index (χ4n) is 3.31. The van der Waals surface area contributed by atoms with E-state index in [0.717, 1.165) is 36.2 Å². The van der Waals surface area contributed by atoms with Crippen molar-refractivity contribution in [3.8, 4) is 12.3 Å². The van der Waals surface area contributed by atoms with Gasteiger partial charge in [-0.3, -0.25) is 4.79 Å². The minimum atomic E-state index is 0.166. The van der Waals surface area contributed by atoms with Gasteiger partial charge in [-0.2, -0.15) is 0 Å². The lowest BCUT2D eigenvalue weighted by Gasteiger charge is -2.15. The van der Waals surface area contributed by atoms with Crippen LogP contribution in [0.4, 0.5) is 0 Å². The first-order valence-electron chi connectivity index (χ1n) is 7.46. The Morgan fingerprint density at radius 2 is 2.14 bits per heavy atom. The molecule has 1 saturated carbocycles. The minimum absolute atomic E-state index is 0.166. The summed E-state index contributed by atoms with van der Waals surface area (Å²) in [5.41, 5.74) is 2.02. The van der Waals surface area contributed by atoms with Crippen LogP contribution in [-0.4, -0.2) is 32.9 Å². The van der Waals surface area contributed by atoms with E-state index in [-0.39, 0.29) is 11.8 Å². The zero-order valence-electron chi connectivity index (χ0n) is 11.8. The van der Waals surface area contributed by atoms with Crippen molar-refractivity contribution >= 4 is 16.9 Å². The maximum absolute atomic E-state index is 12.2. The Labute approximate surface area is 123 Å². The van der Waals surface area contributed by atoms with Crippen LogP contribution in [0.25, 0.3) is 11.0 Å². The molecule has 2 aliphatic rings. The molecule has 1 saturated heterocycles. The second kappa shape index (κ2) is 4.63. The summed E-state index contributed by atoms with van der Waals surface area (Å²) in [6.45, 7) is 1.29. The number of hydrogen-bond acceptors (Lipinski definition) is 2. The number of amides is 1. The van der Waals surface area contributed by atoms with E-state index in [2.05, 4.69) is 10.5 Å². The van der Waals surface area contributed by atoms with Crippen molar-refractivity contribution in [3.05, 3.63) is 30.1 Å². The standard InChI is InChI=1S/C17H17N3O/c1-2-9-19-15-6-4-3-5-14(15)18-17(19)12-10-16(21)20(11-12)13-7-8-13/h1,3-6,12-13H,7-11H2. The van der Waals surface area contributed by atoms with Crippen molar-refractivity contribution < 1.29 is 4.79 Å². The molecule has 0 N–H and O–H groups in total. The van der Waals surface area contributed by atoms with E-state index in [1.165, 1.54) is 0 Å². The normalized spacial score (nSPS) is 22.0. The number of rotatable bonds is 3. The number of nitrogens with zero attached hydrogens (tertiary/aromatic N) is 3. The van der Waals surface area contributed by atoms with Gasteiger partial charge in [0.25, 0.3) is 0 Å². The molecular formula is C17H17N3O. The van der Waals surface area contributed by atoms with E-state index < -0.39 is 0 Å². The molecule has 106 valence electrons. The molecule has 0 bridgehead atoms. The molecule has 1 atom stereocenters. The molecule has 1 aliphatic carbocycles. The van der Waals surface area contributed by atoms with E-state index in [0.29, 0.717) is 19.0 Å². The molecule has 1 aromatic heterocycles. The minimum Gasteiger partial charge on any atom is -0.339 e. The van der Waals surface area contributed by atoms with Crippen molar-refractivity contribution in [3.63, 3.8) is 0 Å². The molecule has 1 amide bonds. The summed E-state index contributed by atoms with van der Waals surface area (Å²) in [6, 6.07) is 8.50. The Hall–Kier alpha value is -2.28. The van der Waals surface area contributed by atoms with E-state index in [4.69, 9.17) is 11.4 Å². The molecule has 0 radical (unpaired) electrons. The van der Waals surface area contributed by atoms with Crippen LogP contribution in [-0.2, 0) is 11.3 Å². The molecule has 4 rings (SSSR count). The highest BCUT2D eigenvalue weighted by atomic mass is 16.2. The number of carbonyl (C=O) groups excluding carboxylic acids is 1. The SMILES string of the molecule is C#CCn1c(C2CC(=O)N(C3CC3)C2)nc2ccccc21. The topological polar surface area (TPSA) is 38.1 Å². The second-order valence-corrected chi connectivity index (χ2v) is 5.93. The predicted octanol–water partition coefficient (Wildman–Crippen LogP) is 2.15. The third kappa shape index (κ3) is 2.01. The lowest BCUT2D eigenvalue weighted by Crippen LogP contribution is -2.27. The predicted molar refractivity (Wildman–Crippen MR) is 80.7 cm³/mol. The van der Waals surface area contributed by atoms with Crippen molar-refractivity contribution in [1.82, 2.24) is 14.5 Å². The van der Waals surface area contributed by atoms with Crippen LogP contribution in [0.15, 0.2) is 24.3 Å². The number of carbonyl (C=O) groups is 1. The van der Waals surface area contributed by atoms with Gasteiger partial charge in [0.2, 0.25) is 5.91 Å². The molecule has 1 aliphatic heterocycles. The molecule has 4 heteroatoms. The Balaban J connectivity index is 1.74. The van der Waals surface area contributed by atoms with Crippen LogP contribution in [0.2, 0.25) is 0 Å². The molecule has 0 spiro atoms. The molecule has 1 unspecified atom stereocenters. The van der Waals surface area contributed by atoms with E-state index >= 15 is 0 Å². The van der Waals surface area contributed by atoms with Gasteiger partial charge in [0, 0.05) is 24.9 Å². The van der Waals surface area contributed by atoms with Crippen LogP contribution >= 0.6 is 0 Å². The maximum Gasteiger partial charge on any atom is 0.223 e. The monoisotopic (exact) mass is 279 g/mol. The third-order valence-electron chi connectivity index (χ3n) is 4.44. The fourth-order valence-corrected chi connectivity index (χ4v) is 3.31. The van der Waals surface area contributed by atoms with Crippen LogP contribution in [0, 0.1) is 12.3 Å². The number of benzene rings is 1. The highest BCUT2D eigenvalue weighted by Gasteiger charge is 2.41. The third-order valence-corrected chi connectivity index (χ3v) is 4.44. The Morgan fingerprint density at radius 3 is 2.90 bits per heavy atom. The van der Waals surface area contributed by atoms with Crippen molar-refractivity contribution in [2.45, 2.75) is 37.8 Å². The number of fused-ring (bicyclic) bond motifs is 1. The summed E-state index contributed by atoms with van der Waals surface area (Å²) in [4.78, 5) is 19.0. The van der Waals surface area contributed by atoms with Crippen molar-refractivity contribution in [1.29, 1.82) is 0 Å².